The third-order valence-corrected chi connectivity index (χ3v) is 3.08. The lowest BCUT2D eigenvalue weighted by Crippen LogP contribution is -2.22. The van der Waals surface area contributed by atoms with Crippen LogP contribution in [-0.4, -0.2) is 10.9 Å². The Labute approximate surface area is 117 Å². The summed E-state index contributed by atoms with van der Waals surface area (Å²) in [6.07, 6.45) is 1.58. The standard InChI is InChI=1S/C15H15ClN2O/c1-11-5-6-14(10-17-11)15(19)18-9-13-4-2-3-12(7-13)8-16/h2-7,10H,8-9H2,1H3,(H,18,19). The van der Waals surface area contributed by atoms with Gasteiger partial charge in [-0.1, -0.05) is 24.3 Å². The van der Waals surface area contributed by atoms with Crippen LogP contribution in [0.15, 0.2) is 42.6 Å². The van der Waals surface area contributed by atoms with Crippen LogP contribution in [0.3, 0.4) is 0 Å². The van der Waals surface area contributed by atoms with E-state index in [-0.39, 0.29) is 5.91 Å². The highest BCUT2D eigenvalue weighted by atomic mass is 35.5. The van der Waals surface area contributed by atoms with Crippen molar-refractivity contribution in [1.29, 1.82) is 0 Å². The zero-order chi connectivity index (χ0) is 13.7. The van der Waals surface area contributed by atoms with Crippen molar-refractivity contribution in [1.82, 2.24) is 10.3 Å². The first-order valence-corrected chi connectivity index (χ1v) is 6.57. The predicted molar refractivity (Wildman–Crippen MR) is 76.1 cm³/mol. The number of nitrogens with zero attached hydrogens (tertiary/aromatic N) is 1. The largest absolute Gasteiger partial charge is 0.348 e. The lowest BCUT2D eigenvalue weighted by molar-refractivity contribution is 0.0950. The maximum atomic E-state index is 11.9. The van der Waals surface area contributed by atoms with Crippen molar-refractivity contribution in [2.45, 2.75) is 19.3 Å². The summed E-state index contributed by atoms with van der Waals surface area (Å²) < 4.78 is 0. The molecule has 4 heteroatoms. The Balaban J connectivity index is 1.98. The zero-order valence-electron chi connectivity index (χ0n) is 10.7. The summed E-state index contributed by atoms with van der Waals surface area (Å²) in [7, 11) is 0. The molecule has 1 amide bonds. The average molecular weight is 275 g/mol. The minimum absolute atomic E-state index is 0.122. The molecular weight excluding hydrogens is 260 g/mol. The molecule has 0 bridgehead atoms. The summed E-state index contributed by atoms with van der Waals surface area (Å²) in [4.78, 5) is 16.0. The van der Waals surface area contributed by atoms with Crippen molar-refractivity contribution in [3.05, 3.63) is 65.0 Å². The second kappa shape index (κ2) is 6.34. The van der Waals surface area contributed by atoms with Gasteiger partial charge >= 0.3 is 0 Å². The van der Waals surface area contributed by atoms with Crippen LogP contribution in [0.5, 0.6) is 0 Å². The van der Waals surface area contributed by atoms with Crippen molar-refractivity contribution in [3.8, 4) is 0 Å². The van der Waals surface area contributed by atoms with Crippen molar-refractivity contribution in [2.75, 3.05) is 0 Å². The minimum Gasteiger partial charge on any atom is -0.348 e. The van der Waals surface area contributed by atoms with Crippen molar-refractivity contribution in [3.63, 3.8) is 0 Å². The summed E-state index contributed by atoms with van der Waals surface area (Å²) in [6, 6.07) is 11.4. The van der Waals surface area contributed by atoms with Gasteiger partial charge in [-0.2, -0.15) is 0 Å². The van der Waals surface area contributed by atoms with E-state index in [9.17, 15) is 4.79 Å². The van der Waals surface area contributed by atoms with Crippen LogP contribution in [-0.2, 0) is 12.4 Å². The first-order valence-electron chi connectivity index (χ1n) is 6.03. The van der Waals surface area contributed by atoms with Gasteiger partial charge in [-0.3, -0.25) is 9.78 Å². The SMILES string of the molecule is Cc1ccc(C(=O)NCc2cccc(CCl)c2)cn1. The maximum Gasteiger partial charge on any atom is 0.253 e. The normalized spacial score (nSPS) is 10.2. The minimum atomic E-state index is -0.122. The number of aromatic nitrogens is 1. The van der Waals surface area contributed by atoms with Crippen molar-refractivity contribution >= 4 is 17.5 Å². The topological polar surface area (TPSA) is 42.0 Å². The molecule has 1 aromatic carbocycles. The summed E-state index contributed by atoms with van der Waals surface area (Å²) in [6.45, 7) is 2.37. The van der Waals surface area contributed by atoms with Gasteiger partial charge in [0, 0.05) is 24.3 Å². The van der Waals surface area contributed by atoms with Gasteiger partial charge in [-0.05, 0) is 30.2 Å². The number of benzene rings is 1. The highest BCUT2D eigenvalue weighted by Gasteiger charge is 2.05. The fourth-order valence-corrected chi connectivity index (χ4v) is 1.88. The van der Waals surface area contributed by atoms with E-state index in [1.54, 1.807) is 12.3 Å². The van der Waals surface area contributed by atoms with Crippen LogP contribution < -0.4 is 5.32 Å². The third-order valence-electron chi connectivity index (χ3n) is 2.77. The monoisotopic (exact) mass is 274 g/mol. The molecule has 1 N–H and O–H groups in total. The van der Waals surface area contributed by atoms with Gasteiger partial charge in [0.25, 0.3) is 5.91 Å². The number of amides is 1. The number of hydrogen-bond acceptors (Lipinski definition) is 2. The van der Waals surface area contributed by atoms with Gasteiger partial charge in [0.1, 0.15) is 0 Å². The Morgan fingerprint density at radius 1 is 1.26 bits per heavy atom. The Hall–Kier alpha value is -1.87. The molecule has 19 heavy (non-hydrogen) atoms. The quantitative estimate of drug-likeness (QED) is 0.871. The molecule has 2 rings (SSSR count). The van der Waals surface area contributed by atoms with Gasteiger partial charge in [0.15, 0.2) is 0 Å². The Morgan fingerprint density at radius 2 is 2.05 bits per heavy atom. The molecule has 0 radical (unpaired) electrons. The molecule has 0 atom stereocenters. The molecule has 0 aliphatic heterocycles. The number of rotatable bonds is 4. The molecule has 0 spiro atoms. The number of hydrogen-bond donors (Lipinski definition) is 1. The third kappa shape index (κ3) is 3.80. The fourth-order valence-electron chi connectivity index (χ4n) is 1.71. The predicted octanol–water partition coefficient (Wildman–Crippen LogP) is 3.06. The number of carbonyl (C=O) groups is 1. The highest BCUT2D eigenvalue weighted by molar-refractivity contribution is 6.17. The molecule has 1 aromatic heterocycles. The number of nitrogens with one attached hydrogen (secondary N) is 1. The van der Waals surface area contributed by atoms with Gasteiger partial charge in [-0.15, -0.1) is 11.6 Å². The number of carbonyl (C=O) groups excluding carboxylic acids is 1. The average Bonchev–Trinajstić information content (AvgIpc) is 2.46. The van der Waals surface area contributed by atoms with Gasteiger partial charge in [0.05, 0.1) is 5.56 Å². The molecule has 0 aliphatic carbocycles. The van der Waals surface area contributed by atoms with E-state index in [1.807, 2.05) is 37.3 Å². The molecule has 98 valence electrons. The van der Waals surface area contributed by atoms with Crippen LogP contribution in [0.25, 0.3) is 0 Å². The fraction of sp³-hybridized carbons (Fsp3) is 0.200. The molecule has 1 heterocycles. The summed E-state index contributed by atoms with van der Waals surface area (Å²) in [5.41, 5.74) is 3.54. The Morgan fingerprint density at radius 3 is 2.74 bits per heavy atom. The van der Waals surface area contributed by atoms with E-state index in [2.05, 4.69) is 10.3 Å². The van der Waals surface area contributed by atoms with Gasteiger partial charge in [0.2, 0.25) is 0 Å². The number of alkyl halides is 1. The lowest BCUT2D eigenvalue weighted by Gasteiger charge is -2.06. The Bertz CT molecular complexity index is 567. The van der Waals surface area contributed by atoms with E-state index < -0.39 is 0 Å². The second-order valence-electron chi connectivity index (χ2n) is 4.32. The lowest BCUT2D eigenvalue weighted by atomic mass is 10.1. The first-order chi connectivity index (χ1) is 9.19. The van der Waals surface area contributed by atoms with Crippen molar-refractivity contribution in [2.24, 2.45) is 0 Å². The number of aryl methyl sites for hydroxylation is 1. The van der Waals surface area contributed by atoms with Crippen LogP contribution in [0.1, 0.15) is 27.2 Å². The Kier molecular flexibility index (Phi) is 4.53. The van der Waals surface area contributed by atoms with Crippen molar-refractivity contribution < 1.29 is 4.79 Å². The number of pyridine rings is 1. The van der Waals surface area contributed by atoms with Gasteiger partial charge in [-0.25, -0.2) is 0 Å². The van der Waals surface area contributed by atoms with Gasteiger partial charge < -0.3 is 5.32 Å². The van der Waals surface area contributed by atoms with E-state index in [1.165, 1.54) is 0 Å². The van der Waals surface area contributed by atoms with Crippen LogP contribution in [0.4, 0.5) is 0 Å². The maximum absolute atomic E-state index is 11.9. The zero-order valence-corrected chi connectivity index (χ0v) is 11.4. The summed E-state index contributed by atoms with van der Waals surface area (Å²) in [5.74, 6) is 0.354. The van der Waals surface area contributed by atoms with Crippen LogP contribution in [0, 0.1) is 6.92 Å². The highest BCUT2D eigenvalue weighted by Crippen LogP contribution is 2.08. The summed E-state index contributed by atoms with van der Waals surface area (Å²) >= 11 is 5.78. The van der Waals surface area contributed by atoms with E-state index in [4.69, 9.17) is 11.6 Å². The molecule has 0 fully saturated rings. The molecule has 3 nitrogen and oxygen atoms in total. The van der Waals surface area contributed by atoms with E-state index in [0.29, 0.717) is 18.0 Å². The molecule has 2 aromatic rings. The smallest absolute Gasteiger partial charge is 0.253 e. The van der Waals surface area contributed by atoms with E-state index >= 15 is 0 Å². The van der Waals surface area contributed by atoms with Crippen LogP contribution in [0.2, 0.25) is 0 Å². The summed E-state index contributed by atoms with van der Waals surface area (Å²) in [5, 5.41) is 2.86. The molecular formula is C15H15ClN2O. The van der Waals surface area contributed by atoms with E-state index in [0.717, 1.165) is 16.8 Å². The molecule has 0 unspecified atom stereocenters. The molecule has 0 saturated carbocycles. The first kappa shape index (κ1) is 13.6. The van der Waals surface area contributed by atoms with Crippen LogP contribution >= 0.6 is 11.6 Å². The second-order valence-corrected chi connectivity index (χ2v) is 4.59. The molecule has 0 saturated heterocycles. The number of halogens is 1. The molecule has 0 aliphatic rings.